The molecule has 0 radical (unpaired) electrons. The first-order valence-corrected chi connectivity index (χ1v) is 24.8. The van der Waals surface area contributed by atoms with Gasteiger partial charge in [0.2, 0.25) is 0 Å². The Balaban J connectivity index is 0.000000131. The molecule has 6 saturated carbocycles. The number of hydrogen-bond donors (Lipinski definition) is 1. The molecule has 4 bridgehead atoms. The van der Waals surface area contributed by atoms with Crippen LogP contribution in [0.15, 0.2) is 57.6 Å². The van der Waals surface area contributed by atoms with Crippen LogP contribution in [0.2, 0.25) is 0 Å². The number of nitrogens with zero attached hydrogens (tertiary/aromatic N) is 2. The molecule has 12 nitrogen and oxygen atoms in total. The number of aliphatic hydroxyl groups is 1. The predicted molar refractivity (Wildman–Crippen MR) is 234 cm³/mol. The summed E-state index contributed by atoms with van der Waals surface area (Å²) in [5.41, 5.74) is 2.92. The predicted octanol–water partition coefficient (Wildman–Crippen LogP) is 11.5. The molecule has 4 aromatic rings. The van der Waals surface area contributed by atoms with E-state index >= 15 is 0 Å². The number of aliphatic hydroxyl groups excluding tert-OH is 1. The number of aromatic nitrogens is 2. The largest absolute Gasteiger partial charge is 0.573 e. The molecule has 1 N–H and O–H groups in total. The normalized spacial score (nSPS) is 28.0. The first kappa shape index (κ1) is 47.2. The number of halogens is 7. The Labute approximate surface area is 396 Å². The minimum atomic E-state index is -4.79. The zero-order valence-corrected chi connectivity index (χ0v) is 38.8. The number of rotatable bonds is 10. The van der Waals surface area contributed by atoms with Gasteiger partial charge in [-0.1, -0.05) is 57.2 Å². The quantitative estimate of drug-likeness (QED) is 0.0919. The summed E-state index contributed by atoms with van der Waals surface area (Å²) in [5, 5.41) is 17.8. The second-order valence-electron chi connectivity index (χ2n) is 18.8. The first-order valence-electron chi connectivity index (χ1n) is 23.3. The number of ether oxygens (including phenoxy) is 7. The van der Waals surface area contributed by atoms with E-state index in [0.717, 1.165) is 94.3 Å². The third-order valence-electron chi connectivity index (χ3n) is 14.6. The molecule has 2 aromatic heterocycles. The zero-order valence-electron chi connectivity index (χ0n) is 36.6. The van der Waals surface area contributed by atoms with Gasteiger partial charge in [0.1, 0.15) is 34.4 Å². The van der Waals surface area contributed by atoms with Crippen LogP contribution in [0.1, 0.15) is 112 Å². The van der Waals surface area contributed by atoms with Crippen LogP contribution < -0.4 is 9.47 Å². The summed E-state index contributed by atoms with van der Waals surface area (Å²) in [6.45, 7) is 3.01. The Morgan fingerprint density at radius 3 is 1.40 bits per heavy atom. The van der Waals surface area contributed by atoms with Crippen molar-refractivity contribution in [1.82, 2.24) is 10.3 Å². The van der Waals surface area contributed by atoms with Crippen molar-refractivity contribution in [3.05, 3.63) is 71.2 Å². The molecule has 4 atom stereocenters. The minimum Gasteiger partial charge on any atom is -0.405 e. The van der Waals surface area contributed by atoms with Crippen LogP contribution >= 0.6 is 22.6 Å². The fourth-order valence-corrected chi connectivity index (χ4v) is 12.2. The van der Waals surface area contributed by atoms with E-state index in [2.05, 4.69) is 42.4 Å². The van der Waals surface area contributed by atoms with E-state index in [0.29, 0.717) is 69.9 Å². The number of alkyl halides is 7. The van der Waals surface area contributed by atoms with E-state index in [9.17, 15) is 31.4 Å². The Morgan fingerprint density at radius 2 is 0.985 bits per heavy atom. The Bertz CT molecular complexity index is 2300. The summed E-state index contributed by atoms with van der Waals surface area (Å²) in [6.07, 6.45) is 2.36. The highest BCUT2D eigenvalue weighted by Gasteiger charge is 2.59. The molecule has 2 saturated heterocycles. The molecule has 0 amide bonds. The van der Waals surface area contributed by atoms with Gasteiger partial charge in [-0.3, -0.25) is 0 Å². The summed E-state index contributed by atoms with van der Waals surface area (Å²) in [7, 11) is 0. The molecular formula is C48H53F6IN2O10. The molecular weight excluding hydrogens is 1010 g/mol. The number of hydrogen-bond acceptors (Lipinski definition) is 12. The lowest BCUT2D eigenvalue weighted by Gasteiger charge is -2.41. The van der Waals surface area contributed by atoms with Crippen molar-refractivity contribution < 1.29 is 73.7 Å². The lowest BCUT2D eigenvalue weighted by atomic mass is 9.81. The van der Waals surface area contributed by atoms with E-state index in [1.165, 1.54) is 37.1 Å². The van der Waals surface area contributed by atoms with Gasteiger partial charge in [0.05, 0.1) is 45.2 Å². The van der Waals surface area contributed by atoms with Gasteiger partial charge in [-0.2, -0.15) is 0 Å². The molecule has 364 valence electrons. The monoisotopic (exact) mass is 1060 g/mol. The smallest absolute Gasteiger partial charge is 0.405 e. The molecule has 8 fully saturated rings. The van der Waals surface area contributed by atoms with Crippen molar-refractivity contribution in [3.63, 3.8) is 0 Å². The molecule has 4 heterocycles. The van der Waals surface area contributed by atoms with Crippen LogP contribution in [-0.2, 0) is 34.7 Å². The molecule has 12 rings (SSSR count). The molecule has 67 heavy (non-hydrogen) atoms. The summed E-state index contributed by atoms with van der Waals surface area (Å²) in [4.78, 5) is 0. The van der Waals surface area contributed by atoms with E-state index in [-0.39, 0.29) is 47.6 Å². The van der Waals surface area contributed by atoms with Gasteiger partial charge in [0.25, 0.3) is 0 Å². The Hall–Kier alpha value is -3.47. The summed E-state index contributed by atoms with van der Waals surface area (Å²) in [5.74, 6) is 2.36. The van der Waals surface area contributed by atoms with E-state index in [4.69, 9.17) is 32.7 Å². The van der Waals surface area contributed by atoms with Crippen LogP contribution in [0.25, 0.3) is 22.5 Å². The molecule has 2 aromatic carbocycles. The number of benzene rings is 2. The maximum atomic E-state index is 13.0. The highest BCUT2D eigenvalue weighted by molar-refractivity contribution is 14.1. The van der Waals surface area contributed by atoms with Crippen LogP contribution in [0.5, 0.6) is 11.5 Å². The van der Waals surface area contributed by atoms with Crippen molar-refractivity contribution in [2.45, 2.75) is 136 Å². The van der Waals surface area contributed by atoms with Crippen LogP contribution in [0.3, 0.4) is 0 Å². The maximum Gasteiger partial charge on any atom is 0.573 e. The lowest BCUT2D eigenvalue weighted by molar-refractivity contribution is -0.275. The van der Waals surface area contributed by atoms with Crippen molar-refractivity contribution in [3.8, 4) is 34.0 Å². The van der Waals surface area contributed by atoms with E-state index in [1.54, 1.807) is 24.3 Å². The fraction of sp³-hybridized carbons (Fsp3) is 0.625. The molecule has 2 spiro atoms. The molecule has 2 aliphatic heterocycles. The highest BCUT2D eigenvalue weighted by atomic mass is 127. The van der Waals surface area contributed by atoms with Gasteiger partial charge >= 0.3 is 12.7 Å². The van der Waals surface area contributed by atoms with Crippen LogP contribution in [0.4, 0.5) is 26.3 Å². The van der Waals surface area contributed by atoms with Crippen molar-refractivity contribution in [1.29, 1.82) is 0 Å². The number of para-hydroxylation sites is 2. The third-order valence-corrected chi connectivity index (χ3v) is 15.3. The molecule has 8 aliphatic rings. The maximum absolute atomic E-state index is 13.0. The Morgan fingerprint density at radius 1 is 0.582 bits per heavy atom. The average molecular weight is 1060 g/mol. The third kappa shape index (κ3) is 9.98. The van der Waals surface area contributed by atoms with Gasteiger partial charge in [0, 0.05) is 62.2 Å². The fourth-order valence-electron chi connectivity index (χ4n) is 11.5. The van der Waals surface area contributed by atoms with E-state index < -0.39 is 18.5 Å². The SMILES string of the molecule is FC(F)(F)Oc1ccccc1-c1noc(C2CC2)c1CI.FC(F)(F)Oc1ccccc1-c1noc(C2CC2)c1COC1CC2CCC(C1)C21OCCO1.OC1CC2CCC(C1)C21OCCO1. The topological polar surface area (TPSA) is 137 Å². The molecule has 6 aliphatic carbocycles. The summed E-state index contributed by atoms with van der Waals surface area (Å²) >= 11 is 2.17. The summed E-state index contributed by atoms with van der Waals surface area (Å²) in [6, 6.07) is 12.0. The average Bonchev–Trinajstić information content (AvgIpc) is 4.04. The molecule has 4 unspecified atom stereocenters. The van der Waals surface area contributed by atoms with Crippen molar-refractivity contribution in [2.75, 3.05) is 26.4 Å². The zero-order chi connectivity index (χ0) is 46.6. The summed E-state index contributed by atoms with van der Waals surface area (Å²) < 4.78 is 126. The van der Waals surface area contributed by atoms with Gasteiger partial charge in [0.15, 0.2) is 11.6 Å². The van der Waals surface area contributed by atoms with Gasteiger partial charge in [-0.15, -0.1) is 26.3 Å². The van der Waals surface area contributed by atoms with Crippen molar-refractivity contribution >= 4 is 22.6 Å². The van der Waals surface area contributed by atoms with Crippen LogP contribution in [0, 0.1) is 23.7 Å². The lowest BCUT2D eigenvalue weighted by Crippen LogP contribution is -2.47. The highest BCUT2D eigenvalue weighted by Crippen LogP contribution is 2.56. The van der Waals surface area contributed by atoms with Gasteiger partial charge in [-0.05, 0) is 101 Å². The van der Waals surface area contributed by atoms with Crippen LogP contribution in [-0.4, -0.2) is 78.4 Å². The van der Waals surface area contributed by atoms with Gasteiger partial charge in [-0.25, -0.2) is 0 Å². The second-order valence-corrected chi connectivity index (χ2v) is 19.6. The first-order chi connectivity index (χ1) is 32.2. The molecule has 19 heteroatoms. The Kier molecular flexibility index (Phi) is 13.4. The van der Waals surface area contributed by atoms with Crippen molar-refractivity contribution in [2.24, 2.45) is 23.7 Å². The standard InChI is InChI=1S/C24H26F3NO5.C14H11F3INO2.C10H16O3/c25-24(26,27)32-20-4-2-1-3-18(20)21-19(22(33-28-21)14-5-6-14)13-29-17-11-15-7-8-16(12-17)23(15)30-9-10-31-23;15-14(16,17)20-11-4-2-1-3-9(11)12-10(7-18)13(21-19-12)8-5-6-8;11-9-5-7-1-2-8(6-9)10(7)12-3-4-13-10/h1-4,14-17H,5-13H2;1-4,8H,5-7H2;7-9,11H,1-6H2. The van der Waals surface area contributed by atoms with E-state index in [1.807, 2.05) is 0 Å². The second kappa shape index (κ2) is 19.0. The minimum absolute atomic E-state index is 0.0393. The van der Waals surface area contributed by atoms with Gasteiger partial charge < -0.3 is 47.3 Å².